The van der Waals surface area contributed by atoms with Crippen LogP contribution in [-0.2, 0) is 0 Å². The number of benzene rings is 6. The third-order valence-electron chi connectivity index (χ3n) is 7.32. The molecule has 0 unspecified atom stereocenters. The van der Waals surface area contributed by atoms with Gasteiger partial charge in [-0.3, -0.25) is 0 Å². The van der Waals surface area contributed by atoms with Gasteiger partial charge in [0.25, 0.3) is 0 Å². The first-order chi connectivity index (χ1) is 19.3. The molecule has 3 nitrogen and oxygen atoms in total. The summed E-state index contributed by atoms with van der Waals surface area (Å²) in [5, 5.41) is 7.37. The summed E-state index contributed by atoms with van der Waals surface area (Å²) in [5.74, 6) is 2.11. The van der Waals surface area contributed by atoms with Crippen molar-refractivity contribution in [3.8, 4) is 34.2 Å². The predicted molar refractivity (Wildman–Crippen MR) is 163 cm³/mol. The van der Waals surface area contributed by atoms with Crippen LogP contribution in [0.15, 0.2) is 127 Å². The van der Waals surface area contributed by atoms with Crippen LogP contribution in [0.3, 0.4) is 0 Å². The summed E-state index contributed by atoms with van der Waals surface area (Å²) < 4.78 is 2.75. The Morgan fingerprint density at radius 1 is 0.410 bits per heavy atom. The van der Waals surface area contributed by atoms with Gasteiger partial charge in [-0.2, -0.15) is 0 Å². The summed E-state index contributed by atoms with van der Waals surface area (Å²) in [6.45, 7) is 0. The van der Waals surface area contributed by atoms with E-state index in [1.165, 1.54) is 35.5 Å². The molecule has 2 aromatic heterocycles. The minimum atomic E-state index is 0.192. The van der Waals surface area contributed by atoms with Crippen LogP contribution in [0, 0.1) is 0 Å². The standard InChI is InChI=1S/C35H21N3Se/c1-2-11-22(12-3-1)33-36-34(29-19-10-18-28-27-17-8-9-20-31(27)39-32(28)29)38-35(37-33)30-21-23-13-4-5-14-24(23)25-15-6-7-16-26(25)30/h1-21H. The molecule has 39 heavy (non-hydrogen) atoms. The van der Waals surface area contributed by atoms with E-state index in [9.17, 15) is 0 Å². The van der Waals surface area contributed by atoms with Crippen molar-refractivity contribution < 1.29 is 0 Å². The average molecular weight is 563 g/mol. The number of aromatic nitrogens is 3. The first-order valence-corrected chi connectivity index (χ1v) is 14.7. The number of nitrogens with zero attached hydrogens (tertiary/aromatic N) is 3. The zero-order valence-electron chi connectivity index (χ0n) is 20.9. The van der Waals surface area contributed by atoms with E-state index in [1.807, 2.05) is 18.2 Å². The van der Waals surface area contributed by atoms with Crippen LogP contribution < -0.4 is 0 Å². The Hall–Kier alpha value is -4.63. The Morgan fingerprint density at radius 3 is 1.87 bits per heavy atom. The van der Waals surface area contributed by atoms with E-state index in [2.05, 4.69) is 109 Å². The van der Waals surface area contributed by atoms with E-state index in [0.29, 0.717) is 11.6 Å². The molecular formula is C35H21N3Se. The molecule has 0 bridgehead atoms. The summed E-state index contributed by atoms with van der Waals surface area (Å²) in [5.41, 5.74) is 3.09. The van der Waals surface area contributed by atoms with E-state index in [1.54, 1.807) is 0 Å². The van der Waals surface area contributed by atoms with Gasteiger partial charge in [-0.25, -0.2) is 0 Å². The molecule has 0 fully saturated rings. The fourth-order valence-electron chi connectivity index (χ4n) is 5.50. The molecule has 4 heteroatoms. The molecule has 6 aromatic carbocycles. The summed E-state index contributed by atoms with van der Waals surface area (Å²) >= 11 is 0.192. The maximum atomic E-state index is 5.18. The van der Waals surface area contributed by atoms with Crippen molar-refractivity contribution in [1.29, 1.82) is 0 Å². The van der Waals surface area contributed by atoms with Crippen molar-refractivity contribution in [2.45, 2.75) is 0 Å². The van der Waals surface area contributed by atoms with E-state index in [0.717, 1.165) is 27.9 Å². The molecule has 0 aliphatic heterocycles. The van der Waals surface area contributed by atoms with Gasteiger partial charge < -0.3 is 0 Å². The average Bonchev–Trinajstić information content (AvgIpc) is 3.40. The molecule has 8 aromatic rings. The second-order valence-electron chi connectivity index (χ2n) is 9.64. The second-order valence-corrected chi connectivity index (χ2v) is 11.9. The van der Waals surface area contributed by atoms with Gasteiger partial charge in [0.15, 0.2) is 0 Å². The number of hydrogen-bond donors (Lipinski definition) is 0. The molecule has 0 spiro atoms. The molecule has 0 saturated carbocycles. The minimum absolute atomic E-state index is 0.192. The van der Waals surface area contributed by atoms with Gasteiger partial charge in [0.1, 0.15) is 0 Å². The molecule has 0 aliphatic rings. The zero-order valence-corrected chi connectivity index (χ0v) is 22.6. The van der Waals surface area contributed by atoms with Crippen LogP contribution in [0.25, 0.3) is 75.0 Å². The van der Waals surface area contributed by atoms with Crippen LogP contribution in [0.5, 0.6) is 0 Å². The molecule has 8 rings (SSSR count). The molecule has 0 N–H and O–H groups in total. The second kappa shape index (κ2) is 8.99. The van der Waals surface area contributed by atoms with Crippen molar-refractivity contribution in [3.63, 3.8) is 0 Å². The Bertz CT molecular complexity index is 2180. The maximum absolute atomic E-state index is 5.18. The Balaban J connectivity index is 1.45. The van der Waals surface area contributed by atoms with Crippen LogP contribution in [0.1, 0.15) is 0 Å². The summed E-state index contributed by atoms with van der Waals surface area (Å²) in [7, 11) is 0. The van der Waals surface area contributed by atoms with Gasteiger partial charge in [-0.05, 0) is 0 Å². The summed E-state index contributed by atoms with van der Waals surface area (Å²) in [6, 6.07) is 44.7. The number of fused-ring (bicyclic) bond motifs is 6. The van der Waals surface area contributed by atoms with Gasteiger partial charge in [0.2, 0.25) is 0 Å². The quantitative estimate of drug-likeness (QED) is 0.160. The van der Waals surface area contributed by atoms with Crippen LogP contribution in [-0.4, -0.2) is 29.5 Å². The summed E-state index contributed by atoms with van der Waals surface area (Å²) in [4.78, 5) is 15.3. The van der Waals surface area contributed by atoms with Gasteiger partial charge in [-0.1, -0.05) is 0 Å². The fraction of sp³-hybridized carbons (Fsp3) is 0. The number of rotatable bonds is 3. The SMILES string of the molecule is c1ccc(-c2nc(-c3cc4ccccc4c4ccccc34)nc(-c3cccc4c3[se]c3ccccc34)n2)cc1. The fourth-order valence-corrected chi connectivity index (χ4v) is 8.04. The van der Waals surface area contributed by atoms with Crippen molar-refractivity contribution in [1.82, 2.24) is 15.0 Å². The molecule has 0 radical (unpaired) electrons. The van der Waals surface area contributed by atoms with E-state index in [4.69, 9.17) is 15.0 Å². The van der Waals surface area contributed by atoms with E-state index < -0.39 is 0 Å². The Labute approximate surface area is 231 Å². The molecule has 0 amide bonds. The van der Waals surface area contributed by atoms with Gasteiger partial charge in [-0.15, -0.1) is 0 Å². The molecule has 0 saturated heterocycles. The Kier molecular flexibility index (Phi) is 5.15. The van der Waals surface area contributed by atoms with Crippen LogP contribution in [0.2, 0.25) is 0 Å². The third kappa shape index (κ3) is 3.69. The predicted octanol–water partition coefficient (Wildman–Crippen LogP) is 8.54. The zero-order chi connectivity index (χ0) is 25.8. The molecule has 0 aliphatic carbocycles. The first kappa shape index (κ1) is 22.4. The van der Waals surface area contributed by atoms with Gasteiger partial charge >= 0.3 is 232 Å². The monoisotopic (exact) mass is 563 g/mol. The van der Waals surface area contributed by atoms with E-state index >= 15 is 0 Å². The topological polar surface area (TPSA) is 38.7 Å². The molecule has 0 atom stereocenters. The number of hydrogen-bond acceptors (Lipinski definition) is 3. The molecule has 182 valence electrons. The van der Waals surface area contributed by atoms with Crippen molar-refractivity contribution >= 4 is 55.3 Å². The normalized spacial score (nSPS) is 11.6. The molecule has 2 heterocycles. The third-order valence-corrected chi connectivity index (χ3v) is 9.88. The summed E-state index contributed by atoms with van der Waals surface area (Å²) in [6.07, 6.45) is 0. The van der Waals surface area contributed by atoms with E-state index in [-0.39, 0.29) is 14.5 Å². The van der Waals surface area contributed by atoms with Crippen LogP contribution >= 0.6 is 0 Å². The molecular weight excluding hydrogens is 541 g/mol. The van der Waals surface area contributed by atoms with Crippen molar-refractivity contribution in [3.05, 3.63) is 127 Å². The first-order valence-electron chi connectivity index (χ1n) is 13.0. The van der Waals surface area contributed by atoms with Gasteiger partial charge in [0, 0.05) is 0 Å². The van der Waals surface area contributed by atoms with Crippen molar-refractivity contribution in [2.24, 2.45) is 0 Å². The van der Waals surface area contributed by atoms with Crippen molar-refractivity contribution in [2.75, 3.05) is 0 Å². The van der Waals surface area contributed by atoms with Gasteiger partial charge in [0.05, 0.1) is 0 Å². The Morgan fingerprint density at radius 2 is 1.03 bits per heavy atom. The van der Waals surface area contributed by atoms with Crippen LogP contribution in [0.4, 0.5) is 0 Å².